The molecule has 2 N–H and O–H groups in total. The van der Waals surface area contributed by atoms with Crippen LogP contribution in [-0.2, 0) is 0 Å². The number of amides is 1. The Labute approximate surface area is 145 Å². The third-order valence-electron chi connectivity index (χ3n) is 3.45. The Kier molecular flexibility index (Phi) is 4.84. The second-order valence-electron chi connectivity index (χ2n) is 5.33. The van der Waals surface area contributed by atoms with Crippen molar-refractivity contribution < 1.29 is 9.53 Å². The Bertz CT molecular complexity index is 866. The second-order valence-corrected chi connectivity index (χ2v) is 5.33. The topological polar surface area (TPSA) is 89.0 Å². The van der Waals surface area contributed by atoms with Gasteiger partial charge in [-0.1, -0.05) is 6.07 Å². The van der Waals surface area contributed by atoms with E-state index in [2.05, 4.69) is 25.8 Å². The van der Waals surface area contributed by atoms with Crippen LogP contribution < -0.4 is 15.4 Å². The highest BCUT2D eigenvalue weighted by Gasteiger charge is 2.08. The lowest BCUT2D eigenvalue weighted by Crippen LogP contribution is -2.13. The van der Waals surface area contributed by atoms with Gasteiger partial charge in [-0.3, -0.25) is 9.78 Å². The highest BCUT2D eigenvalue weighted by Crippen LogP contribution is 2.27. The van der Waals surface area contributed by atoms with Crippen LogP contribution in [0.5, 0.6) is 5.75 Å². The second kappa shape index (κ2) is 7.39. The molecule has 7 heteroatoms. The lowest BCUT2D eigenvalue weighted by Gasteiger charge is -2.11. The number of anilines is 3. The van der Waals surface area contributed by atoms with Crippen LogP contribution in [0.3, 0.4) is 0 Å². The molecular formula is C18H17N5O2. The van der Waals surface area contributed by atoms with Gasteiger partial charge in [0.25, 0.3) is 5.91 Å². The number of aromatic nitrogens is 3. The molecule has 3 aromatic rings. The van der Waals surface area contributed by atoms with Crippen LogP contribution in [0, 0.1) is 6.92 Å². The fraction of sp³-hybridized carbons (Fsp3) is 0.111. The smallest absolute Gasteiger partial charge is 0.258 e. The summed E-state index contributed by atoms with van der Waals surface area (Å²) >= 11 is 0. The minimum absolute atomic E-state index is 0.288. The molecule has 0 unspecified atom stereocenters. The number of benzene rings is 1. The first-order chi connectivity index (χ1) is 12.2. The highest BCUT2D eigenvalue weighted by atomic mass is 16.5. The first-order valence-electron chi connectivity index (χ1n) is 7.62. The first-order valence-corrected chi connectivity index (χ1v) is 7.62. The van der Waals surface area contributed by atoms with Gasteiger partial charge in [-0.2, -0.15) is 0 Å². The van der Waals surface area contributed by atoms with Crippen molar-refractivity contribution in [2.45, 2.75) is 6.92 Å². The normalized spacial score (nSPS) is 10.2. The molecule has 2 aromatic heterocycles. The molecule has 0 aliphatic heterocycles. The van der Waals surface area contributed by atoms with Crippen LogP contribution in [0.1, 0.15) is 15.9 Å². The quantitative estimate of drug-likeness (QED) is 0.744. The summed E-state index contributed by atoms with van der Waals surface area (Å²) in [5.41, 5.74) is 2.34. The van der Waals surface area contributed by atoms with Crippen LogP contribution in [0.25, 0.3) is 0 Å². The van der Waals surface area contributed by atoms with Gasteiger partial charge in [0.05, 0.1) is 18.4 Å². The van der Waals surface area contributed by atoms with Crippen molar-refractivity contribution in [2.75, 3.05) is 17.7 Å². The number of ether oxygens (including phenoxy) is 1. The Morgan fingerprint density at radius 1 is 1.08 bits per heavy atom. The number of carbonyl (C=O) groups is 1. The number of carbonyl (C=O) groups excluding carboxylic acids is 1. The molecule has 0 aliphatic carbocycles. The van der Waals surface area contributed by atoms with E-state index < -0.39 is 0 Å². The lowest BCUT2D eigenvalue weighted by atomic mass is 10.2. The predicted octanol–water partition coefficient (Wildman–Crippen LogP) is 3.18. The van der Waals surface area contributed by atoms with Gasteiger partial charge >= 0.3 is 0 Å². The van der Waals surface area contributed by atoms with Crippen molar-refractivity contribution in [3.63, 3.8) is 0 Å². The molecule has 1 amide bonds. The SMILES string of the molecule is COc1ccc(C)cc1Nc1ccc(NC(=O)c2cccnc2)nn1. The summed E-state index contributed by atoms with van der Waals surface area (Å²) in [5, 5.41) is 13.9. The minimum atomic E-state index is -0.288. The summed E-state index contributed by atoms with van der Waals surface area (Å²) in [6, 6.07) is 12.6. The Morgan fingerprint density at radius 3 is 2.56 bits per heavy atom. The Hall–Kier alpha value is -3.48. The van der Waals surface area contributed by atoms with Crippen LogP contribution in [0.2, 0.25) is 0 Å². The minimum Gasteiger partial charge on any atom is -0.495 e. The van der Waals surface area contributed by atoms with Gasteiger partial charge in [0.2, 0.25) is 0 Å². The summed E-state index contributed by atoms with van der Waals surface area (Å²) in [7, 11) is 1.61. The number of rotatable bonds is 5. The van der Waals surface area contributed by atoms with Crippen molar-refractivity contribution in [3.8, 4) is 5.75 Å². The monoisotopic (exact) mass is 335 g/mol. The van der Waals surface area contributed by atoms with E-state index in [9.17, 15) is 4.79 Å². The van der Waals surface area contributed by atoms with Crippen molar-refractivity contribution in [1.29, 1.82) is 0 Å². The highest BCUT2D eigenvalue weighted by molar-refractivity contribution is 6.03. The average Bonchev–Trinajstić information content (AvgIpc) is 2.64. The molecule has 0 saturated carbocycles. The van der Waals surface area contributed by atoms with Crippen molar-refractivity contribution in [1.82, 2.24) is 15.2 Å². The Morgan fingerprint density at radius 2 is 1.88 bits per heavy atom. The van der Waals surface area contributed by atoms with E-state index in [1.807, 2.05) is 25.1 Å². The molecule has 1 aromatic carbocycles. The molecule has 25 heavy (non-hydrogen) atoms. The fourth-order valence-corrected chi connectivity index (χ4v) is 2.21. The van der Waals surface area contributed by atoms with Crippen LogP contribution in [-0.4, -0.2) is 28.2 Å². The average molecular weight is 335 g/mol. The first kappa shape index (κ1) is 16.4. The van der Waals surface area contributed by atoms with Crippen LogP contribution >= 0.6 is 0 Å². The number of hydrogen-bond acceptors (Lipinski definition) is 6. The fourth-order valence-electron chi connectivity index (χ4n) is 2.21. The van der Waals surface area contributed by atoms with Gasteiger partial charge in [0.1, 0.15) is 5.75 Å². The zero-order valence-corrected chi connectivity index (χ0v) is 13.9. The van der Waals surface area contributed by atoms with E-state index in [-0.39, 0.29) is 5.91 Å². The number of aryl methyl sites for hydroxylation is 1. The molecule has 0 spiro atoms. The van der Waals surface area contributed by atoms with Crippen molar-refractivity contribution >= 4 is 23.2 Å². The van der Waals surface area contributed by atoms with E-state index in [4.69, 9.17) is 4.74 Å². The van der Waals surface area contributed by atoms with Gasteiger partial charge in [0, 0.05) is 12.4 Å². The molecule has 0 atom stereocenters. The third-order valence-corrected chi connectivity index (χ3v) is 3.45. The summed E-state index contributed by atoms with van der Waals surface area (Å²) in [4.78, 5) is 16.0. The molecule has 0 radical (unpaired) electrons. The molecule has 0 aliphatic rings. The number of nitrogens with zero attached hydrogens (tertiary/aromatic N) is 3. The molecule has 126 valence electrons. The largest absolute Gasteiger partial charge is 0.495 e. The van der Waals surface area contributed by atoms with E-state index in [1.54, 1.807) is 37.6 Å². The maximum atomic E-state index is 12.1. The van der Waals surface area contributed by atoms with Crippen LogP contribution in [0.15, 0.2) is 54.9 Å². The molecular weight excluding hydrogens is 318 g/mol. The molecule has 0 saturated heterocycles. The summed E-state index contributed by atoms with van der Waals surface area (Å²) in [6.07, 6.45) is 3.10. The number of pyridine rings is 1. The lowest BCUT2D eigenvalue weighted by molar-refractivity contribution is 0.102. The van der Waals surface area contributed by atoms with Crippen molar-refractivity contribution in [2.24, 2.45) is 0 Å². The van der Waals surface area contributed by atoms with Gasteiger partial charge in [0.15, 0.2) is 11.6 Å². The maximum absolute atomic E-state index is 12.1. The summed E-state index contributed by atoms with van der Waals surface area (Å²) in [5.74, 6) is 1.32. The Balaban J connectivity index is 1.70. The standard InChI is InChI=1S/C18H17N5O2/c1-12-5-6-15(25-2)14(10-12)20-16-7-8-17(23-22-16)21-18(24)13-4-3-9-19-11-13/h3-11H,1-2H3,(H,20,22)(H,21,23,24). The van der Waals surface area contributed by atoms with Crippen molar-refractivity contribution in [3.05, 3.63) is 66.0 Å². The maximum Gasteiger partial charge on any atom is 0.258 e. The molecule has 3 rings (SSSR count). The van der Waals surface area contributed by atoms with E-state index in [1.165, 1.54) is 6.20 Å². The molecule has 0 bridgehead atoms. The summed E-state index contributed by atoms with van der Waals surface area (Å²) < 4.78 is 5.32. The summed E-state index contributed by atoms with van der Waals surface area (Å²) in [6.45, 7) is 1.99. The van der Waals surface area contributed by atoms with Gasteiger partial charge in [-0.25, -0.2) is 0 Å². The van der Waals surface area contributed by atoms with E-state index >= 15 is 0 Å². The predicted molar refractivity (Wildman–Crippen MR) is 95.2 cm³/mol. The number of nitrogens with one attached hydrogen (secondary N) is 2. The van der Waals surface area contributed by atoms with Gasteiger partial charge < -0.3 is 15.4 Å². The van der Waals surface area contributed by atoms with Gasteiger partial charge in [-0.05, 0) is 48.9 Å². The zero-order chi connectivity index (χ0) is 17.6. The molecule has 2 heterocycles. The molecule has 7 nitrogen and oxygen atoms in total. The van der Waals surface area contributed by atoms with E-state index in [0.29, 0.717) is 22.9 Å². The van der Waals surface area contributed by atoms with Gasteiger partial charge in [-0.15, -0.1) is 10.2 Å². The number of methoxy groups -OCH3 is 1. The van der Waals surface area contributed by atoms with Crippen LogP contribution in [0.4, 0.5) is 17.3 Å². The zero-order valence-electron chi connectivity index (χ0n) is 13.9. The molecule has 0 fully saturated rings. The van der Waals surface area contributed by atoms with E-state index in [0.717, 1.165) is 11.3 Å². The number of hydrogen-bond donors (Lipinski definition) is 2. The third kappa shape index (κ3) is 4.08.